The molecule has 1 fully saturated rings. The van der Waals surface area contributed by atoms with E-state index in [1.165, 1.54) is 16.7 Å². The summed E-state index contributed by atoms with van der Waals surface area (Å²) in [5, 5.41) is 0. The molecule has 0 unspecified atom stereocenters. The van der Waals surface area contributed by atoms with Gasteiger partial charge in [0.15, 0.2) is 5.79 Å². The summed E-state index contributed by atoms with van der Waals surface area (Å²) in [5.41, 5.74) is 5.33. The summed E-state index contributed by atoms with van der Waals surface area (Å²) in [6, 6.07) is 17.7. The maximum atomic E-state index is 6.43. The van der Waals surface area contributed by atoms with Crippen molar-refractivity contribution in [1.29, 1.82) is 0 Å². The van der Waals surface area contributed by atoms with E-state index in [2.05, 4.69) is 88.0 Å². The van der Waals surface area contributed by atoms with Gasteiger partial charge in [0.05, 0.1) is 13.2 Å². The van der Waals surface area contributed by atoms with Crippen LogP contribution in [0, 0.1) is 10.8 Å². The van der Waals surface area contributed by atoms with E-state index in [4.69, 9.17) is 9.47 Å². The lowest BCUT2D eigenvalue weighted by Crippen LogP contribution is -2.52. The zero-order valence-corrected chi connectivity index (χ0v) is 18.6. The molecule has 0 aromatic heterocycles. The smallest absolute Gasteiger partial charge is 0.199 e. The Labute approximate surface area is 176 Å². The molecule has 0 spiro atoms. The van der Waals surface area contributed by atoms with Gasteiger partial charge in [-0.2, -0.15) is 0 Å². The Kier molecular flexibility index (Phi) is 5.35. The van der Waals surface area contributed by atoms with Crippen LogP contribution in [0.4, 0.5) is 0 Å². The van der Waals surface area contributed by atoms with Crippen LogP contribution in [0.3, 0.4) is 0 Å². The number of benzene rings is 2. The lowest BCUT2D eigenvalue weighted by Gasteiger charge is -2.50. The summed E-state index contributed by atoms with van der Waals surface area (Å²) in [5.74, 6) is -0.689. The van der Waals surface area contributed by atoms with Gasteiger partial charge in [-0.1, -0.05) is 83.1 Å². The molecule has 3 nitrogen and oxygen atoms in total. The Morgan fingerprint density at radius 2 is 1.52 bits per heavy atom. The number of rotatable bonds is 3. The van der Waals surface area contributed by atoms with Gasteiger partial charge in [0, 0.05) is 36.0 Å². The molecule has 2 aromatic rings. The summed E-state index contributed by atoms with van der Waals surface area (Å²) >= 11 is 0. The van der Waals surface area contributed by atoms with E-state index in [1.807, 2.05) is 0 Å². The molecule has 0 atom stereocenters. The molecule has 29 heavy (non-hydrogen) atoms. The predicted molar refractivity (Wildman–Crippen MR) is 118 cm³/mol. The van der Waals surface area contributed by atoms with E-state index in [0.29, 0.717) is 13.2 Å². The number of hydrogen-bond donors (Lipinski definition) is 0. The van der Waals surface area contributed by atoms with Crippen molar-refractivity contribution < 1.29 is 9.47 Å². The minimum Gasteiger partial charge on any atom is -0.345 e. The first-order valence-electron chi connectivity index (χ1n) is 10.9. The van der Waals surface area contributed by atoms with Crippen molar-refractivity contribution in [3.8, 4) is 0 Å². The molecule has 156 valence electrons. The van der Waals surface area contributed by atoms with E-state index in [-0.39, 0.29) is 10.8 Å². The zero-order valence-electron chi connectivity index (χ0n) is 18.6. The highest BCUT2D eigenvalue weighted by Crippen LogP contribution is 2.48. The lowest BCUT2D eigenvalue weighted by molar-refractivity contribution is -0.350. The molecule has 0 radical (unpaired) electrons. The van der Waals surface area contributed by atoms with Crippen molar-refractivity contribution in [2.24, 2.45) is 10.8 Å². The van der Waals surface area contributed by atoms with Gasteiger partial charge in [-0.15, -0.1) is 0 Å². The standard InChI is InChI=1S/C26H35NO2/c1-24(2,3)26(28-18-25(4,5)19-29-26)23-12-10-20(11-13-23)16-27-15-14-21-8-6-7-9-22(21)17-27/h6-13H,14-19H2,1-5H3. The van der Waals surface area contributed by atoms with Crippen molar-refractivity contribution in [1.82, 2.24) is 4.90 Å². The van der Waals surface area contributed by atoms with Crippen LogP contribution in [0.2, 0.25) is 0 Å². The average Bonchev–Trinajstić information content (AvgIpc) is 2.68. The molecule has 2 aromatic carbocycles. The third-order valence-electron chi connectivity index (χ3n) is 6.27. The van der Waals surface area contributed by atoms with Crippen LogP contribution in [0.5, 0.6) is 0 Å². The van der Waals surface area contributed by atoms with Crippen molar-refractivity contribution in [3.05, 3.63) is 70.8 Å². The van der Waals surface area contributed by atoms with Crippen LogP contribution in [-0.2, 0) is 34.8 Å². The third-order valence-corrected chi connectivity index (χ3v) is 6.27. The molecular formula is C26H35NO2. The number of hydrogen-bond acceptors (Lipinski definition) is 3. The Bertz CT molecular complexity index is 838. The third kappa shape index (κ3) is 4.14. The summed E-state index contributed by atoms with van der Waals surface area (Å²) < 4.78 is 12.9. The van der Waals surface area contributed by atoms with E-state index in [0.717, 1.165) is 31.6 Å². The number of nitrogens with zero attached hydrogens (tertiary/aromatic N) is 1. The monoisotopic (exact) mass is 393 g/mol. The molecule has 0 N–H and O–H groups in total. The highest BCUT2D eigenvalue weighted by Gasteiger charge is 2.50. The predicted octanol–water partition coefficient (Wildman–Crippen LogP) is 5.52. The van der Waals surface area contributed by atoms with Crippen molar-refractivity contribution in [3.63, 3.8) is 0 Å². The van der Waals surface area contributed by atoms with Gasteiger partial charge in [-0.25, -0.2) is 0 Å². The number of fused-ring (bicyclic) bond motifs is 1. The second-order valence-corrected chi connectivity index (χ2v) is 10.5. The fourth-order valence-corrected chi connectivity index (χ4v) is 4.49. The van der Waals surface area contributed by atoms with E-state index in [9.17, 15) is 0 Å². The Balaban J connectivity index is 1.50. The average molecular weight is 394 g/mol. The summed E-state index contributed by atoms with van der Waals surface area (Å²) in [7, 11) is 0. The van der Waals surface area contributed by atoms with Gasteiger partial charge >= 0.3 is 0 Å². The molecule has 1 saturated heterocycles. The largest absolute Gasteiger partial charge is 0.345 e. The molecule has 0 saturated carbocycles. The maximum absolute atomic E-state index is 6.43. The molecule has 2 heterocycles. The molecule has 0 aliphatic carbocycles. The fraction of sp³-hybridized carbons (Fsp3) is 0.538. The second-order valence-electron chi connectivity index (χ2n) is 10.5. The van der Waals surface area contributed by atoms with Crippen molar-refractivity contribution in [2.75, 3.05) is 19.8 Å². The Hall–Kier alpha value is -1.68. The molecule has 2 aliphatic heterocycles. The summed E-state index contributed by atoms with van der Waals surface area (Å²) in [6.45, 7) is 15.5. The van der Waals surface area contributed by atoms with Gasteiger partial charge in [0.1, 0.15) is 0 Å². The van der Waals surface area contributed by atoms with Crippen LogP contribution in [0.15, 0.2) is 48.5 Å². The lowest BCUT2D eigenvalue weighted by atomic mass is 9.78. The van der Waals surface area contributed by atoms with Gasteiger partial charge in [0.25, 0.3) is 0 Å². The van der Waals surface area contributed by atoms with Crippen LogP contribution in [-0.4, -0.2) is 24.7 Å². The SMILES string of the molecule is CC1(C)COC(c2ccc(CN3CCc4ccccc4C3)cc2)(C(C)(C)C)OC1. The Morgan fingerprint density at radius 1 is 0.897 bits per heavy atom. The second kappa shape index (κ2) is 7.54. The van der Waals surface area contributed by atoms with Crippen molar-refractivity contribution >= 4 is 0 Å². The van der Waals surface area contributed by atoms with Gasteiger partial charge in [-0.3, -0.25) is 4.90 Å². The van der Waals surface area contributed by atoms with E-state index < -0.39 is 5.79 Å². The first kappa shape index (κ1) is 20.6. The van der Waals surface area contributed by atoms with Crippen LogP contribution >= 0.6 is 0 Å². The molecule has 2 aliphatic rings. The minimum atomic E-state index is -0.689. The molecular weight excluding hydrogens is 358 g/mol. The van der Waals surface area contributed by atoms with Crippen molar-refractivity contribution in [2.45, 2.75) is 59.9 Å². The van der Waals surface area contributed by atoms with Gasteiger partial charge in [0.2, 0.25) is 0 Å². The highest BCUT2D eigenvalue weighted by molar-refractivity contribution is 5.31. The van der Waals surface area contributed by atoms with Gasteiger partial charge < -0.3 is 9.47 Å². The van der Waals surface area contributed by atoms with Crippen LogP contribution in [0.1, 0.15) is 56.9 Å². The first-order valence-corrected chi connectivity index (χ1v) is 10.9. The quantitative estimate of drug-likeness (QED) is 0.686. The highest BCUT2D eigenvalue weighted by atomic mass is 16.7. The summed E-state index contributed by atoms with van der Waals surface area (Å²) in [4.78, 5) is 2.53. The van der Waals surface area contributed by atoms with E-state index >= 15 is 0 Å². The van der Waals surface area contributed by atoms with Crippen LogP contribution in [0.25, 0.3) is 0 Å². The van der Waals surface area contributed by atoms with Crippen LogP contribution < -0.4 is 0 Å². The first-order chi connectivity index (χ1) is 13.7. The summed E-state index contributed by atoms with van der Waals surface area (Å²) in [6.07, 6.45) is 1.14. The minimum absolute atomic E-state index is 0.0548. The van der Waals surface area contributed by atoms with E-state index in [1.54, 1.807) is 0 Å². The van der Waals surface area contributed by atoms with Gasteiger partial charge in [-0.05, 0) is 23.1 Å². The Morgan fingerprint density at radius 3 is 2.14 bits per heavy atom. The molecule has 0 amide bonds. The number of ether oxygens (including phenoxy) is 2. The molecule has 0 bridgehead atoms. The molecule has 3 heteroatoms. The normalized spacial score (nSPS) is 21.6. The fourth-order valence-electron chi connectivity index (χ4n) is 4.49. The topological polar surface area (TPSA) is 21.7 Å². The molecule has 4 rings (SSSR count). The zero-order chi connectivity index (χ0) is 20.7. The maximum Gasteiger partial charge on any atom is 0.199 e.